The summed E-state index contributed by atoms with van der Waals surface area (Å²) >= 11 is 0. The van der Waals surface area contributed by atoms with E-state index in [1.165, 1.54) is 12.1 Å². The molecule has 0 radical (unpaired) electrons. The smallest absolute Gasteiger partial charge is 0.146 e. The lowest BCUT2D eigenvalue weighted by Crippen LogP contribution is -2.00. The molecule has 0 saturated carbocycles. The normalized spacial score (nSPS) is 9.62. The summed E-state index contributed by atoms with van der Waals surface area (Å²) < 4.78 is 5.29. The number of anilines is 1. The molecule has 1 rings (SSSR count). The van der Waals surface area contributed by atoms with E-state index in [1.807, 2.05) is 6.92 Å². The van der Waals surface area contributed by atoms with Gasteiger partial charge in [-0.05, 0) is 24.6 Å². The minimum Gasteiger partial charge on any atom is -0.508 e. The molecule has 1 aromatic rings. The van der Waals surface area contributed by atoms with Crippen molar-refractivity contribution in [2.45, 2.75) is 6.92 Å². The Morgan fingerprint density at radius 1 is 1.62 bits per heavy atom. The van der Waals surface area contributed by atoms with Crippen molar-refractivity contribution in [2.24, 2.45) is 0 Å². The molecule has 3 nitrogen and oxygen atoms in total. The van der Waals surface area contributed by atoms with Crippen LogP contribution in [0, 0.1) is 0 Å². The van der Waals surface area contributed by atoms with Gasteiger partial charge in [-0.2, -0.15) is 0 Å². The highest BCUT2D eigenvalue weighted by molar-refractivity contribution is 5.55. The monoisotopic (exact) mass is 179 g/mol. The molecule has 13 heavy (non-hydrogen) atoms. The minimum atomic E-state index is 0.144. The van der Waals surface area contributed by atoms with E-state index in [9.17, 15) is 0 Å². The quantitative estimate of drug-likeness (QED) is 0.423. The Morgan fingerprint density at radius 3 is 2.92 bits per heavy atom. The third-order valence-electron chi connectivity index (χ3n) is 1.47. The maximum absolute atomic E-state index is 9.14. The number of phenols is 1. The number of hydrogen-bond acceptors (Lipinski definition) is 3. The van der Waals surface area contributed by atoms with Gasteiger partial charge in [-0.1, -0.05) is 6.58 Å². The molecule has 3 heteroatoms. The van der Waals surface area contributed by atoms with Gasteiger partial charge in [-0.25, -0.2) is 0 Å². The molecule has 0 fully saturated rings. The van der Waals surface area contributed by atoms with Crippen LogP contribution in [-0.4, -0.2) is 11.7 Å². The number of phenolic OH excluding ortho intramolecular Hbond substituents is 1. The van der Waals surface area contributed by atoms with E-state index >= 15 is 0 Å². The fraction of sp³-hybridized carbons (Fsp3) is 0.200. The van der Waals surface area contributed by atoms with Gasteiger partial charge >= 0.3 is 0 Å². The Bertz CT molecular complexity index is 321. The van der Waals surface area contributed by atoms with Crippen LogP contribution in [0.2, 0.25) is 0 Å². The molecular weight excluding hydrogens is 166 g/mol. The highest BCUT2D eigenvalue weighted by atomic mass is 16.5. The van der Waals surface area contributed by atoms with Gasteiger partial charge in [0.2, 0.25) is 0 Å². The first kappa shape index (κ1) is 9.45. The van der Waals surface area contributed by atoms with Crippen molar-refractivity contribution < 1.29 is 9.84 Å². The third-order valence-corrected chi connectivity index (χ3v) is 1.47. The van der Waals surface area contributed by atoms with E-state index in [0.29, 0.717) is 18.0 Å². The van der Waals surface area contributed by atoms with Gasteiger partial charge in [-0.15, -0.1) is 0 Å². The topological polar surface area (TPSA) is 55.5 Å². The molecule has 0 heterocycles. The van der Waals surface area contributed by atoms with Gasteiger partial charge in [0.05, 0.1) is 5.69 Å². The molecule has 3 N–H and O–H groups in total. The number of benzene rings is 1. The number of hydrogen-bond donors (Lipinski definition) is 2. The van der Waals surface area contributed by atoms with Gasteiger partial charge in [-0.3, -0.25) is 0 Å². The molecule has 0 bridgehead atoms. The van der Waals surface area contributed by atoms with Crippen LogP contribution in [-0.2, 0) is 0 Å². The Balaban J connectivity index is 2.75. The fourth-order valence-corrected chi connectivity index (χ4v) is 0.849. The highest BCUT2D eigenvalue weighted by Gasteiger charge is 2.00. The second-order valence-electron chi connectivity index (χ2n) is 2.97. The van der Waals surface area contributed by atoms with Crippen molar-refractivity contribution in [3.8, 4) is 11.5 Å². The lowest BCUT2D eigenvalue weighted by molar-refractivity contribution is 0.351. The van der Waals surface area contributed by atoms with Gasteiger partial charge in [0.1, 0.15) is 18.1 Å². The van der Waals surface area contributed by atoms with Crippen LogP contribution in [0.3, 0.4) is 0 Å². The Hall–Kier alpha value is -1.64. The molecule has 1 aromatic carbocycles. The molecule has 0 unspecified atom stereocenters. The zero-order chi connectivity index (χ0) is 9.84. The van der Waals surface area contributed by atoms with E-state index in [-0.39, 0.29) is 5.75 Å². The van der Waals surface area contributed by atoms with Crippen LogP contribution in [0.25, 0.3) is 0 Å². The number of rotatable bonds is 3. The number of aromatic hydroxyl groups is 1. The van der Waals surface area contributed by atoms with Crippen molar-refractivity contribution in [3.05, 3.63) is 30.4 Å². The van der Waals surface area contributed by atoms with Gasteiger partial charge in [0, 0.05) is 6.07 Å². The van der Waals surface area contributed by atoms with Crippen LogP contribution >= 0.6 is 0 Å². The summed E-state index contributed by atoms with van der Waals surface area (Å²) in [5.41, 5.74) is 7.03. The van der Waals surface area contributed by atoms with Crippen molar-refractivity contribution in [2.75, 3.05) is 12.3 Å². The van der Waals surface area contributed by atoms with E-state index in [1.54, 1.807) is 6.07 Å². The molecule has 0 aromatic heterocycles. The molecule has 0 spiro atoms. The Labute approximate surface area is 77.4 Å². The first-order chi connectivity index (χ1) is 6.09. The van der Waals surface area contributed by atoms with Crippen LogP contribution in [0.1, 0.15) is 6.92 Å². The van der Waals surface area contributed by atoms with E-state index in [2.05, 4.69) is 6.58 Å². The maximum atomic E-state index is 9.14. The number of nitrogen functional groups attached to an aromatic ring is 1. The lowest BCUT2D eigenvalue weighted by atomic mass is 10.3. The zero-order valence-electron chi connectivity index (χ0n) is 7.58. The maximum Gasteiger partial charge on any atom is 0.146 e. The average Bonchev–Trinajstić information content (AvgIpc) is 2.06. The fourth-order valence-electron chi connectivity index (χ4n) is 0.849. The highest BCUT2D eigenvalue weighted by Crippen LogP contribution is 2.26. The van der Waals surface area contributed by atoms with E-state index in [0.717, 1.165) is 5.57 Å². The predicted octanol–water partition coefficient (Wildman–Crippen LogP) is 1.93. The summed E-state index contributed by atoms with van der Waals surface area (Å²) in [6.45, 7) is 5.96. The van der Waals surface area contributed by atoms with Crippen molar-refractivity contribution in [1.29, 1.82) is 0 Å². The van der Waals surface area contributed by atoms with Crippen molar-refractivity contribution >= 4 is 5.69 Å². The van der Waals surface area contributed by atoms with E-state index in [4.69, 9.17) is 15.6 Å². The molecule has 0 aliphatic carbocycles. The Kier molecular flexibility index (Phi) is 2.80. The molecule has 0 aliphatic rings. The molecular formula is C10H13NO2. The van der Waals surface area contributed by atoms with E-state index < -0.39 is 0 Å². The molecule has 0 saturated heterocycles. The van der Waals surface area contributed by atoms with Crippen LogP contribution in [0.4, 0.5) is 5.69 Å². The number of nitrogens with two attached hydrogens (primary N) is 1. The summed E-state index contributed by atoms with van der Waals surface area (Å²) in [6.07, 6.45) is 0. The summed E-state index contributed by atoms with van der Waals surface area (Å²) in [4.78, 5) is 0. The molecule has 0 atom stereocenters. The number of ether oxygens (including phenoxy) is 1. The summed E-state index contributed by atoms with van der Waals surface area (Å²) in [5, 5.41) is 9.14. The van der Waals surface area contributed by atoms with Crippen LogP contribution < -0.4 is 10.5 Å². The SMILES string of the molecule is C=C(C)COc1cc(O)ccc1N. The lowest BCUT2D eigenvalue weighted by Gasteiger charge is -2.08. The predicted molar refractivity (Wildman–Crippen MR) is 52.8 cm³/mol. The third kappa shape index (κ3) is 2.71. The van der Waals surface area contributed by atoms with Crippen LogP contribution in [0.15, 0.2) is 30.4 Å². The largest absolute Gasteiger partial charge is 0.508 e. The summed E-state index contributed by atoms with van der Waals surface area (Å²) in [7, 11) is 0. The first-order valence-corrected chi connectivity index (χ1v) is 3.95. The zero-order valence-corrected chi connectivity index (χ0v) is 7.58. The second-order valence-corrected chi connectivity index (χ2v) is 2.97. The molecule has 0 aliphatic heterocycles. The molecule has 70 valence electrons. The van der Waals surface area contributed by atoms with Crippen LogP contribution in [0.5, 0.6) is 11.5 Å². The van der Waals surface area contributed by atoms with Gasteiger partial charge in [0.25, 0.3) is 0 Å². The standard InChI is InChI=1S/C10H13NO2/c1-7(2)6-13-10-5-8(12)3-4-9(10)11/h3-5,12H,1,6,11H2,2H3. The van der Waals surface area contributed by atoms with Gasteiger partial charge < -0.3 is 15.6 Å². The second kappa shape index (κ2) is 3.85. The summed E-state index contributed by atoms with van der Waals surface area (Å²) in [6, 6.07) is 4.60. The first-order valence-electron chi connectivity index (χ1n) is 3.95. The minimum absolute atomic E-state index is 0.144. The molecule has 0 amide bonds. The average molecular weight is 179 g/mol. The Morgan fingerprint density at radius 2 is 2.31 bits per heavy atom. The summed E-state index contributed by atoms with van der Waals surface area (Å²) in [5.74, 6) is 0.633. The van der Waals surface area contributed by atoms with Crippen molar-refractivity contribution in [3.63, 3.8) is 0 Å². The van der Waals surface area contributed by atoms with Gasteiger partial charge in [0.15, 0.2) is 0 Å². The van der Waals surface area contributed by atoms with Crippen molar-refractivity contribution in [1.82, 2.24) is 0 Å².